The van der Waals surface area contributed by atoms with Crippen LogP contribution in [0.5, 0.6) is 0 Å². The van der Waals surface area contributed by atoms with Gasteiger partial charge in [-0.3, -0.25) is 10.1 Å². The van der Waals surface area contributed by atoms with E-state index < -0.39 is 0 Å². The largest absolute Gasteiger partial charge is 0.317 e. The van der Waals surface area contributed by atoms with Crippen molar-refractivity contribution >= 4 is 17.0 Å². The highest BCUT2D eigenvalue weighted by Gasteiger charge is 2.17. The molecule has 1 aliphatic heterocycles. The molecule has 64 valence electrons. The second kappa shape index (κ2) is 4.74. The Balaban J connectivity index is 2.27. The first-order valence-electron chi connectivity index (χ1n) is 3.97. The highest BCUT2D eigenvalue weighted by molar-refractivity contribution is 8.12. The van der Waals surface area contributed by atoms with E-state index in [2.05, 4.69) is 10.0 Å². The molecule has 0 aromatic heterocycles. The van der Waals surface area contributed by atoms with Crippen LogP contribution in [-0.2, 0) is 0 Å². The van der Waals surface area contributed by atoms with E-state index in [-0.39, 0.29) is 0 Å². The predicted molar refractivity (Wildman–Crippen MR) is 50.0 cm³/mol. The van der Waals surface area contributed by atoms with Crippen LogP contribution in [0, 0.1) is 11.3 Å². The van der Waals surface area contributed by atoms with Gasteiger partial charge in [0.15, 0.2) is 0 Å². The third kappa shape index (κ3) is 2.81. The first-order chi connectivity index (χ1) is 5.34. The lowest BCUT2D eigenvalue weighted by atomic mass is 10.00. The van der Waals surface area contributed by atoms with Crippen molar-refractivity contribution in [1.29, 1.82) is 5.41 Å². The zero-order valence-electron chi connectivity index (χ0n) is 6.81. The fraction of sp³-hybridized carbons (Fsp3) is 0.857. The Labute approximate surface area is 72.0 Å². The van der Waals surface area contributed by atoms with E-state index in [0.29, 0.717) is 5.92 Å². The molecule has 3 N–H and O–H groups in total. The van der Waals surface area contributed by atoms with Crippen molar-refractivity contribution in [3.05, 3.63) is 0 Å². The van der Waals surface area contributed by atoms with Crippen LogP contribution in [0.4, 0.5) is 0 Å². The summed E-state index contributed by atoms with van der Waals surface area (Å²) in [5, 5.41) is 11.7. The van der Waals surface area contributed by atoms with E-state index in [1.807, 2.05) is 7.05 Å². The van der Waals surface area contributed by atoms with Gasteiger partial charge in [-0.25, -0.2) is 0 Å². The molecule has 0 spiro atoms. The average molecular weight is 173 g/mol. The molecule has 0 aliphatic carbocycles. The molecule has 11 heavy (non-hydrogen) atoms. The molecule has 4 heteroatoms. The van der Waals surface area contributed by atoms with Crippen molar-refractivity contribution in [1.82, 2.24) is 10.0 Å². The van der Waals surface area contributed by atoms with Gasteiger partial charge in [0.25, 0.3) is 0 Å². The molecule has 1 heterocycles. The molecule has 1 fully saturated rings. The Kier molecular flexibility index (Phi) is 3.90. The monoisotopic (exact) mass is 173 g/mol. The summed E-state index contributed by atoms with van der Waals surface area (Å²) in [6.07, 6.45) is 2.24. The molecule has 0 saturated carbocycles. The number of piperidine rings is 1. The van der Waals surface area contributed by atoms with Gasteiger partial charge in [-0.1, -0.05) is 0 Å². The SMILES string of the molecule is CNSC(=N)C1CCNCC1. The summed E-state index contributed by atoms with van der Waals surface area (Å²) in [4.78, 5) is 0. The first-order valence-corrected chi connectivity index (χ1v) is 4.79. The van der Waals surface area contributed by atoms with E-state index >= 15 is 0 Å². The molecule has 0 aromatic carbocycles. The number of hydrogen-bond acceptors (Lipinski definition) is 4. The van der Waals surface area contributed by atoms with Gasteiger partial charge in [0.1, 0.15) is 0 Å². The van der Waals surface area contributed by atoms with Crippen molar-refractivity contribution in [3.8, 4) is 0 Å². The normalized spacial score (nSPS) is 20.1. The van der Waals surface area contributed by atoms with Crippen molar-refractivity contribution in [2.75, 3.05) is 20.1 Å². The minimum atomic E-state index is 0.494. The second-order valence-corrected chi connectivity index (χ2v) is 3.75. The van der Waals surface area contributed by atoms with E-state index in [0.717, 1.165) is 31.0 Å². The standard InChI is InChI=1S/C7H15N3S/c1-9-11-7(8)6-2-4-10-5-3-6/h6,8-10H,2-5H2,1H3. The summed E-state index contributed by atoms with van der Waals surface area (Å²) in [5.41, 5.74) is 0. The Morgan fingerprint density at radius 1 is 1.55 bits per heavy atom. The highest BCUT2D eigenvalue weighted by Crippen LogP contribution is 2.17. The van der Waals surface area contributed by atoms with Gasteiger partial charge in [-0.2, -0.15) is 0 Å². The fourth-order valence-electron chi connectivity index (χ4n) is 1.28. The molecule has 0 amide bonds. The number of rotatable bonds is 2. The summed E-state index contributed by atoms with van der Waals surface area (Å²) in [6, 6.07) is 0. The van der Waals surface area contributed by atoms with E-state index in [1.165, 1.54) is 11.9 Å². The third-order valence-electron chi connectivity index (χ3n) is 1.92. The predicted octanol–water partition coefficient (Wildman–Crippen LogP) is 0.831. The molecule has 1 saturated heterocycles. The minimum Gasteiger partial charge on any atom is -0.317 e. The maximum atomic E-state index is 7.66. The topological polar surface area (TPSA) is 47.9 Å². The molecule has 3 nitrogen and oxygen atoms in total. The van der Waals surface area contributed by atoms with Gasteiger partial charge in [0, 0.05) is 5.92 Å². The third-order valence-corrected chi connectivity index (χ3v) is 2.68. The molecule has 1 rings (SSSR count). The van der Waals surface area contributed by atoms with E-state index in [9.17, 15) is 0 Å². The van der Waals surface area contributed by atoms with Gasteiger partial charge >= 0.3 is 0 Å². The smallest absolute Gasteiger partial charge is 0.0824 e. The molecule has 0 radical (unpaired) electrons. The van der Waals surface area contributed by atoms with Crippen LogP contribution in [0.2, 0.25) is 0 Å². The summed E-state index contributed by atoms with van der Waals surface area (Å²) < 4.78 is 2.94. The van der Waals surface area contributed by atoms with Crippen molar-refractivity contribution in [2.45, 2.75) is 12.8 Å². The Morgan fingerprint density at radius 2 is 2.18 bits per heavy atom. The van der Waals surface area contributed by atoms with Crippen LogP contribution >= 0.6 is 11.9 Å². The van der Waals surface area contributed by atoms with Crippen molar-refractivity contribution in [2.24, 2.45) is 5.92 Å². The quantitative estimate of drug-likeness (QED) is 0.329. The van der Waals surface area contributed by atoms with Gasteiger partial charge in [0.2, 0.25) is 0 Å². The van der Waals surface area contributed by atoms with Gasteiger partial charge < -0.3 is 5.32 Å². The van der Waals surface area contributed by atoms with Gasteiger partial charge in [-0.15, -0.1) is 0 Å². The van der Waals surface area contributed by atoms with Crippen LogP contribution in [0.3, 0.4) is 0 Å². The van der Waals surface area contributed by atoms with Crippen LogP contribution in [0.1, 0.15) is 12.8 Å². The Morgan fingerprint density at radius 3 is 2.73 bits per heavy atom. The zero-order chi connectivity index (χ0) is 8.10. The van der Waals surface area contributed by atoms with Crippen LogP contribution in [-0.4, -0.2) is 25.2 Å². The van der Waals surface area contributed by atoms with Crippen molar-refractivity contribution in [3.63, 3.8) is 0 Å². The molecule has 0 unspecified atom stereocenters. The summed E-state index contributed by atoms with van der Waals surface area (Å²) in [5.74, 6) is 0.494. The number of nitrogens with one attached hydrogen (secondary N) is 3. The highest BCUT2D eigenvalue weighted by atomic mass is 32.2. The summed E-state index contributed by atoms with van der Waals surface area (Å²) >= 11 is 1.44. The minimum absolute atomic E-state index is 0.494. The molecule has 0 bridgehead atoms. The zero-order valence-corrected chi connectivity index (χ0v) is 7.63. The van der Waals surface area contributed by atoms with Crippen LogP contribution in [0.15, 0.2) is 0 Å². The van der Waals surface area contributed by atoms with Crippen molar-refractivity contribution < 1.29 is 0 Å². The second-order valence-electron chi connectivity index (χ2n) is 2.69. The average Bonchev–Trinajstić information content (AvgIpc) is 2.07. The fourth-order valence-corrected chi connectivity index (χ4v) is 1.90. The summed E-state index contributed by atoms with van der Waals surface area (Å²) in [6.45, 7) is 2.13. The molecule has 0 atom stereocenters. The van der Waals surface area contributed by atoms with Gasteiger partial charge in [0.05, 0.1) is 5.04 Å². The molecular weight excluding hydrogens is 158 g/mol. The molecule has 0 aromatic rings. The lowest BCUT2D eigenvalue weighted by Crippen LogP contribution is -2.31. The Hall–Kier alpha value is -0.0600. The number of hydrogen-bond donors (Lipinski definition) is 3. The lowest BCUT2D eigenvalue weighted by Gasteiger charge is -2.22. The Bertz CT molecular complexity index is 132. The van der Waals surface area contributed by atoms with Crippen LogP contribution in [0.25, 0.3) is 0 Å². The molecular formula is C7H15N3S. The van der Waals surface area contributed by atoms with E-state index in [1.54, 1.807) is 0 Å². The maximum absolute atomic E-state index is 7.66. The molecule has 1 aliphatic rings. The maximum Gasteiger partial charge on any atom is 0.0824 e. The van der Waals surface area contributed by atoms with Gasteiger partial charge in [-0.05, 0) is 44.9 Å². The van der Waals surface area contributed by atoms with Crippen LogP contribution < -0.4 is 10.0 Å². The van der Waals surface area contributed by atoms with E-state index in [4.69, 9.17) is 5.41 Å². The lowest BCUT2D eigenvalue weighted by molar-refractivity contribution is 0.459. The summed E-state index contributed by atoms with van der Waals surface area (Å²) in [7, 11) is 1.86. The first kappa shape index (κ1) is 9.03.